The molecule has 1 amide bonds. The molecule has 0 aromatic rings. The van der Waals surface area contributed by atoms with Crippen molar-refractivity contribution in [1.29, 1.82) is 0 Å². The van der Waals surface area contributed by atoms with Gasteiger partial charge in [0.1, 0.15) is 0 Å². The molecule has 2 atom stereocenters. The van der Waals surface area contributed by atoms with Gasteiger partial charge in [-0.25, -0.2) is 0 Å². The second-order valence-corrected chi connectivity index (χ2v) is 4.90. The molecule has 0 aliphatic heterocycles. The van der Waals surface area contributed by atoms with Crippen molar-refractivity contribution < 1.29 is 24.6 Å². The van der Waals surface area contributed by atoms with Crippen LogP contribution in [-0.4, -0.2) is 34.6 Å². The van der Waals surface area contributed by atoms with Crippen LogP contribution in [0.15, 0.2) is 0 Å². The van der Waals surface area contributed by atoms with Crippen molar-refractivity contribution in [3.63, 3.8) is 0 Å². The van der Waals surface area contributed by atoms with E-state index in [0.717, 1.165) is 0 Å². The first-order chi connectivity index (χ1) is 7.78. The summed E-state index contributed by atoms with van der Waals surface area (Å²) in [6, 6.07) is 0. The molecular formula is C11H17NO5. The fourth-order valence-corrected chi connectivity index (χ4v) is 2.15. The van der Waals surface area contributed by atoms with Gasteiger partial charge in [0.25, 0.3) is 0 Å². The molecule has 3 N–H and O–H groups in total. The predicted octanol–water partition coefficient (Wildman–Crippen LogP) is 0.324. The summed E-state index contributed by atoms with van der Waals surface area (Å²) in [5.74, 6) is -3.31. The van der Waals surface area contributed by atoms with Crippen molar-refractivity contribution >= 4 is 17.8 Å². The number of hydrogen-bond donors (Lipinski definition) is 3. The van der Waals surface area contributed by atoms with Crippen molar-refractivity contribution in [2.24, 2.45) is 17.3 Å². The number of carboxylic acids is 2. The van der Waals surface area contributed by atoms with Gasteiger partial charge in [0.15, 0.2) is 0 Å². The third kappa shape index (κ3) is 2.95. The van der Waals surface area contributed by atoms with E-state index in [0.29, 0.717) is 6.42 Å². The van der Waals surface area contributed by atoms with Crippen LogP contribution >= 0.6 is 0 Å². The normalized spacial score (nSPS) is 25.1. The average Bonchev–Trinajstić information content (AvgIpc) is 2.76. The lowest BCUT2D eigenvalue weighted by Gasteiger charge is -2.04. The summed E-state index contributed by atoms with van der Waals surface area (Å²) < 4.78 is 0. The monoisotopic (exact) mass is 243 g/mol. The van der Waals surface area contributed by atoms with Crippen molar-refractivity contribution in [2.75, 3.05) is 6.54 Å². The maximum Gasteiger partial charge on any atom is 0.307 e. The number of nitrogens with one attached hydrogen (secondary N) is 1. The highest BCUT2D eigenvalue weighted by molar-refractivity contribution is 5.91. The van der Waals surface area contributed by atoms with E-state index in [9.17, 15) is 14.4 Å². The van der Waals surface area contributed by atoms with Gasteiger partial charge in [0, 0.05) is 13.0 Å². The number of rotatable bonds is 6. The molecule has 1 saturated carbocycles. The van der Waals surface area contributed by atoms with Crippen LogP contribution in [0.4, 0.5) is 0 Å². The Kier molecular flexibility index (Phi) is 3.75. The topological polar surface area (TPSA) is 104 Å². The average molecular weight is 243 g/mol. The number of carbonyl (C=O) groups is 3. The number of amides is 1. The molecule has 0 heterocycles. The predicted molar refractivity (Wildman–Crippen MR) is 58.3 cm³/mol. The van der Waals surface area contributed by atoms with Crippen LogP contribution in [0, 0.1) is 17.3 Å². The Bertz CT molecular complexity index is 350. The fourth-order valence-electron chi connectivity index (χ4n) is 2.15. The summed E-state index contributed by atoms with van der Waals surface area (Å²) >= 11 is 0. The van der Waals surface area contributed by atoms with Gasteiger partial charge in [-0.2, -0.15) is 0 Å². The minimum atomic E-state index is -0.958. The molecule has 1 rings (SSSR count). The van der Waals surface area contributed by atoms with Crippen LogP contribution in [0.3, 0.4) is 0 Å². The van der Waals surface area contributed by atoms with Gasteiger partial charge in [-0.3, -0.25) is 14.4 Å². The maximum atomic E-state index is 11.7. The molecular weight excluding hydrogens is 226 g/mol. The van der Waals surface area contributed by atoms with E-state index in [-0.39, 0.29) is 18.9 Å². The van der Waals surface area contributed by atoms with E-state index >= 15 is 0 Å². The van der Waals surface area contributed by atoms with E-state index in [4.69, 9.17) is 10.2 Å². The molecule has 6 nitrogen and oxygen atoms in total. The van der Waals surface area contributed by atoms with Crippen molar-refractivity contribution in [3.8, 4) is 0 Å². The van der Waals surface area contributed by atoms with Gasteiger partial charge < -0.3 is 15.5 Å². The summed E-state index contributed by atoms with van der Waals surface area (Å²) in [4.78, 5) is 32.8. The third-order valence-electron chi connectivity index (χ3n) is 3.24. The standard InChI is InChI=1S/C11H17NO5/c1-11(2)7(8(11)10(16)17)9(15)12-5-3-4-6(13)14/h7-8H,3-5H2,1-2H3,(H,12,15)(H,13,14)(H,16,17)/t7-,8+/m0/s1. The lowest BCUT2D eigenvalue weighted by molar-refractivity contribution is -0.140. The van der Waals surface area contributed by atoms with Crippen LogP contribution < -0.4 is 5.32 Å². The zero-order valence-electron chi connectivity index (χ0n) is 9.90. The summed E-state index contributed by atoms with van der Waals surface area (Å²) in [5.41, 5.74) is -0.511. The fraction of sp³-hybridized carbons (Fsp3) is 0.727. The number of carbonyl (C=O) groups excluding carboxylic acids is 1. The van der Waals surface area contributed by atoms with Crippen LogP contribution in [0.5, 0.6) is 0 Å². The molecule has 0 radical (unpaired) electrons. The summed E-state index contributed by atoms with van der Waals surface area (Å²) in [7, 11) is 0. The van der Waals surface area contributed by atoms with Gasteiger partial charge in [-0.1, -0.05) is 13.8 Å². The second-order valence-electron chi connectivity index (χ2n) is 4.90. The first-order valence-corrected chi connectivity index (χ1v) is 5.50. The molecule has 1 fully saturated rings. The molecule has 1 aliphatic rings. The van der Waals surface area contributed by atoms with Crippen molar-refractivity contribution in [2.45, 2.75) is 26.7 Å². The van der Waals surface area contributed by atoms with Crippen LogP contribution in [0.1, 0.15) is 26.7 Å². The number of carboxylic acid groups (broad SMARTS) is 2. The van der Waals surface area contributed by atoms with Gasteiger partial charge in [0.2, 0.25) is 5.91 Å². The van der Waals surface area contributed by atoms with Gasteiger partial charge in [0.05, 0.1) is 11.8 Å². The minimum Gasteiger partial charge on any atom is -0.481 e. The Labute approximate surface area is 99.0 Å². The van der Waals surface area contributed by atoms with E-state index in [1.165, 1.54) is 0 Å². The molecule has 1 aliphatic carbocycles. The molecule has 96 valence electrons. The van der Waals surface area contributed by atoms with E-state index in [1.807, 2.05) is 0 Å². The first-order valence-electron chi connectivity index (χ1n) is 5.50. The van der Waals surface area contributed by atoms with Gasteiger partial charge >= 0.3 is 11.9 Å². The SMILES string of the molecule is CC1(C)[C@H](C(=O)NCCCC(=O)O)[C@@H]1C(=O)O. The molecule has 0 unspecified atom stereocenters. The Balaban J connectivity index is 2.35. The summed E-state index contributed by atoms with van der Waals surface area (Å²) in [6.07, 6.45) is 0.350. The van der Waals surface area contributed by atoms with Crippen LogP contribution in [0.2, 0.25) is 0 Å². The molecule has 0 bridgehead atoms. The van der Waals surface area contributed by atoms with Gasteiger partial charge in [-0.15, -0.1) is 0 Å². The summed E-state index contributed by atoms with van der Waals surface area (Å²) in [6.45, 7) is 3.75. The van der Waals surface area contributed by atoms with Crippen LogP contribution in [0.25, 0.3) is 0 Å². The van der Waals surface area contributed by atoms with E-state index in [2.05, 4.69) is 5.32 Å². The van der Waals surface area contributed by atoms with E-state index in [1.54, 1.807) is 13.8 Å². The molecule has 0 saturated heterocycles. The van der Waals surface area contributed by atoms with Crippen LogP contribution in [-0.2, 0) is 14.4 Å². The number of hydrogen-bond acceptors (Lipinski definition) is 3. The lowest BCUT2D eigenvalue weighted by atomic mass is 10.1. The van der Waals surface area contributed by atoms with Gasteiger partial charge in [-0.05, 0) is 11.8 Å². The third-order valence-corrected chi connectivity index (χ3v) is 3.24. The number of aliphatic carboxylic acids is 2. The molecule has 0 aromatic heterocycles. The molecule has 6 heteroatoms. The smallest absolute Gasteiger partial charge is 0.307 e. The Morgan fingerprint density at radius 1 is 1.18 bits per heavy atom. The lowest BCUT2D eigenvalue weighted by Crippen LogP contribution is -2.28. The largest absolute Gasteiger partial charge is 0.481 e. The highest BCUT2D eigenvalue weighted by Gasteiger charge is 2.65. The van der Waals surface area contributed by atoms with E-state index < -0.39 is 29.2 Å². The van der Waals surface area contributed by atoms with Crippen molar-refractivity contribution in [3.05, 3.63) is 0 Å². The maximum absolute atomic E-state index is 11.7. The zero-order chi connectivity index (χ0) is 13.2. The van der Waals surface area contributed by atoms with Crippen molar-refractivity contribution in [1.82, 2.24) is 5.32 Å². The Morgan fingerprint density at radius 2 is 1.76 bits per heavy atom. The Morgan fingerprint density at radius 3 is 2.18 bits per heavy atom. The molecule has 0 spiro atoms. The Hall–Kier alpha value is -1.59. The highest BCUT2D eigenvalue weighted by Crippen LogP contribution is 2.58. The zero-order valence-corrected chi connectivity index (χ0v) is 9.90. The first kappa shape index (κ1) is 13.5. The second kappa shape index (κ2) is 4.73. The minimum absolute atomic E-state index is 0.00328. The molecule has 0 aromatic carbocycles. The quantitative estimate of drug-likeness (QED) is 0.583. The molecule has 17 heavy (non-hydrogen) atoms. The highest BCUT2D eigenvalue weighted by atomic mass is 16.4. The summed E-state index contributed by atoms with van der Waals surface area (Å²) in [5, 5.41) is 19.9.